The third kappa shape index (κ3) is 4.65. The van der Waals surface area contributed by atoms with Gasteiger partial charge < -0.3 is 14.7 Å². The van der Waals surface area contributed by atoms with Crippen LogP contribution in [0.1, 0.15) is 0 Å². The second kappa shape index (κ2) is 9.01. The van der Waals surface area contributed by atoms with Crippen molar-refractivity contribution in [3.63, 3.8) is 0 Å². The number of ether oxygens (including phenoxy) is 1. The summed E-state index contributed by atoms with van der Waals surface area (Å²) >= 11 is 0. The third-order valence-electron chi connectivity index (χ3n) is 4.82. The zero-order valence-corrected chi connectivity index (χ0v) is 16.8. The highest BCUT2D eigenvalue weighted by molar-refractivity contribution is 5.84. The van der Waals surface area contributed by atoms with Crippen LogP contribution in [0, 0.1) is 0 Å². The second-order valence-corrected chi connectivity index (χ2v) is 6.88. The van der Waals surface area contributed by atoms with E-state index in [1.165, 1.54) is 0 Å². The lowest BCUT2D eigenvalue weighted by atomic mass is 10.0. The zero-order valence-electron chi connectivity index (χ0n) is 16.8. The first-order valence-electron chi connectivity index (χ1n) is 9.83. The fourth-order valence-electron chi connectivity index (χ4n) is 3.30. The van der Waals surface area contributed by atoms with E-state index in [0.29, 0.717) is 5.75 Å². The van der Waals surface area contributed by atoms with Gasteiger partial charge in [-0.15, -0.1) is 0 Å². The molecule has 0 spiro atoms. The number of hydrogen-bond acceptors (Lipinski definition) is 4. The van der Waals surface area contributed by atoms with Crippen molar-refractivity contribution in [3.8, 4) is 22.6 Å². The van der Waals surface area contributed by atoms with Crippen LogP contribution in [0.3, 0.4) is 0 Å². The van der Waals surface area contributed by atoms with E-state index in [0.717, 1.165) is 34.3 Å². The number of para-hydroxylation sites is 1. The molecule has 0 aliphatic carbocycles. The highest BCUT2D eigenvalue weighted by Crippen LogP contribution is 2.36. The lowest BCUT2D eigenvalue weighted by Crippen LogP contribution is -2.10. The molecular formula is C27H21NO3. The maximum absolute atomic E-state index is 11.4. The molecule has 31 heavy (non-hydrogen) atoms. The maximum Gasteiger partial charge on any atom is 0.335 e. The summed E-state index contributed by atoms with van der Waals surface area (Å²) in [5.41, 5.74) is 5.02. The van der Waals surface area contributed by atoms with Crippen LogP contribution in [0.2, 0.25) is 0 Å². The van der Waals surface area contributed by atoms with Crippen molar-refractivity contribution < 1.29 is 14.6 Å². The van der Waals surface area contributed by atoms with Gasteiger partial charge >= 0.3 is 5.97 Å². The largest absolute Gasteiger partial charge is 0.508 e. The molecule has 4 aromatic rings. The van der Waals surface area contributed by atoms with E-state index in [9.17, 15) is 9.90 Å². The van der Waals surface area contributed by atoms with Gasteiger partial charge in [-0.25, -0.2) is 4.79 Å². The van der Waals surface area contributed by atoms with Crippen LogP contribution in [0.5, 0.6) is 11.5 Å². The summed E-state index contributed by atoms with van der Waals surface area (Å²) in [7, 11) is 0. The number of nitrogens with zero attached hydrogens (tertiary/aromatic N) is 1. The molecule has 0 aliphatic rings. The van der Waals surface area contributed by atoms with Crippen LogP contribution < -0.4 is 9.64 Å². The third-order valence-corrected chi connectivity index (χ3v) is 4.82. The molecule has 4 heteroatoms. The van der Waals surface area contributed by atoms with Gasteiger partial charge in [-0.05, 0) is 71.8 Å². The summed E-state index contributed by atoms with van der Waals surface area (Å²) in [5.74, 6) is 0.222. The average molecular weight is 407 g/mol. The number of carbonyl (C=O) groups excluding carboxylic acids is 1. The molecule has 0 unspecified atom stereocenters. The maximum atomic E-state index is 11.4. The molecule has 0 aliphatic heterocycles. The van der Waals surface area contributed by atoms with E-state index in [1.807, 2.05) is 54.6 Å². The van der Waals surface area contributed by atoms with Crippen LogP contribution in [-0.4, -0.2) is 11.1 Å². The van der Waals surface area contributed by atoms with Gasteiger partial charge in [-0.1, -0.05) is 49.0 Å². The van der Waals surface area contributed by atoms with Crippen LogP contribution >= 0.6 is 0 Å². The Morgan fingerprint density at radius 1 is 0.710 bits per heavy atom. The summed E-state index contributed by atoms with van der Waals surface area (Å²) in [6, 6.07) is 32.8. The van der Waals surface area contributed by atoms with Gasteiger partial charge in [-0.2, -0.15) is 0 Å². The summed E-state index contributed by atoms with van der Waals surface area (Å²) in [5, 5.41) is 9.52. The number of phenolic OH excluding ortho intramolecular Hbond substituents is 1. The predicted molar refractivity (Wildman–Crippen MR) is 124 cm³/mol. The summed E-state index contributed by atoms with van der Waals surface area (Å²) < 4.78 is 5.19. The SMILES string of the molecule is C=CC(=O)Oc1ccc(N(c2ccccc2)c2ccc(-c3ccc(O)cc3)cc2)cc1. The summed E-state index contributed by atoms with van der Waals surface area (Å²) in [4.78, 5) is 13.6. The highest BCUT2D eigenvalue weighted by Gasteiger charge is 2.13. The minimum Gasteiger partial charge on any atom is -0.508 e. The molecule has 4 nitrogen and oxygen atoms in total. The fraction of sp³-hybridized carbons (Fsp3) is 0. The zero-order chi connectivity index (χ0) is 21.6. The predicted octanol–water partition coefficient (Wildman–Crippen LogP) is 6.62. The van der Waals surface area contributed by atoms with Crippen molar-refractivity contribution in [1.29, 1.82) is 0 Å². The molecule has 0 radical (unpaired) electrons. The quantitative estimate of drug-likeness (QED) is 0.222. The Labute approximate surface area is 181 Å². The van der Waals surface area contributed by atoms with Gasteiger partial charge in [0.2, 0.25) is 0 Å². The van der Waals surface area contributed by atoms with Crippen molar-refractivity contribution in [2.45, 2.75) is 0 Å². The van der Waals surface area contributed by atoms with Gasteiger partial charge in [0.15, 0.2) is 0 Å². The van der Waals surface area contributed by atoms with Gasteiger partial charge in [-0.3, -0.25) is 0 Å². The van der Waals surface area contributed by atoms with E-state index in [-0.39, 0.29) is 5.75 Å². The Bertz CT molecular complexity index is 1170. The molecule has 0 heterocycles. The number of esters is 1. The Hall–Kier alpha value is -4.31. The fourth-order valence-corrected chi connectivity index (χ4v) is 3.30. The molecule has 4 rings (SSSR count). The van der Waals surface area contributed by atoms with Crippen LogP contribution in [0.15, 0.2) is 116 Å². The van der Waals surface area contributed by atoms with Crippen molar-refractivity contribution in [2.24, 2.45) is 0 Å². The molecule has 4 aromatic carbocycles. The molecule has 1 N–H and O–H groups in total. The summed E-state index contributed by atoms with van der Waals surface area (Å²) in [6.45, 7) is 3.42. The highest BCUT2D eigenvalue weighted by atomic mass is 16.5. The lowest BCUT2D eigenvalue weighted by molar-refractivity contribution is -0.128. The van der Waals surface area contributed by atoms with E-state index in [4.69, 9.17) is 4.74 Å². The van der Waals surface area contributed by atoms with Crippen LogP contribution in [0.4, 0.5) is 17.1 Å². The lowest BCUT2D eigenvalue weighted by Gasteiger charge is -2.25. The number of aromatic hydroxyl groups is 1. The number of rotatable bonds is 6. The van der Waals surface area contributed by atoms with E-state index >= 15 is 0 Å². The molecule has 152 valence electrons. The molecule has 0 saturated heterocycles. The molecule has 0 bridgehead atoms. The minimum atomic E-state index is -0.488. The molecule has 0 atom stereocenters. The van der Waals surface area contributed by atoms with Crippen LogP contribution in [-0.2, 0) is 4.79 Å². The molecular weight excluding hydrogens is 386 g/mol. The number of hydrogen-bond donors (Lipinski definition) is 1. The Morgan fingerprint density at radius 3 is 1.74 bits per heavy atom. The number of carbonyl (C=O) groups is 1. The first-order chi connectivity index (χ1) is 15.1. The number of anilines is 3. The second-order valence-electron chi connectivity index (χ2n) is 6.88. The van der Waals surface area contributed by atoms with Crippen molar-refractivity contribution in [2.75, 3.05) is 4.90 Å². The van der Waals surface area contributed by atoms with Gasteiger partial charge in [0.1, 0.15) is 11.5 Å². The first-order valence-corrected chi connectivity index (χ1v) is 9.83. The molecule has 0 fully saturated rings. The van der Waals surface area contributed by atoms with Gasteiger partial charge in [0, 0.05) is 23.1 Å². The van der Waals surface area contributed by atoms with Crippen LogP contribution in [0.25, 0.3) is 11.1 Å². The van der Waals surface area contributed by atoms with E-state index in [2.05, 4.69) is 35.7 Å². The Kier molecular flexibility index (Phi) is 5.81. The first kappa shape index (κ1) is 20.0. The average Bonchev–Trinajstić information content (AvgIpc) is 2.82. The number of phenols is 1. The van der Waals surface area contributed by atoms with Crippen molar-refractivity contribution in [1.82, 2.24) is 0 Å². The normalized spacial score (nSPS) is 10.3. The van der Waals surface area contributed by atoms with Crippen molar-refractivity contribution in [3.05, 3.63) is 116 Å². The Balaban J connectivity index is 1.68. The monoisotopic (exact) mass is 407 g/mol. The van der Waals surface area contributed by atoms with E-state index < -0.39 is 5.97 Å². The smallest absolute Gasteiger partial charge is 0.335 e. The number of benzene rings is 4. The van der Waals surface area contributed by atoms with Crippen molar-refractivity contribution >= 4 is 23.0 Å². The standard InChI is InChI=1S/C27H21NO3/c1-2-27(30)31-26-18-14-24(15-19-26)28(22-6-4-3-5-7-22)23-12-8-20(9-13-23)21-10-16-25(29)17-11-21/h2-19,29H,1H2. The summed E-state index contributed by atoms with van der Waals surface area (Å²) in [6.07, 6.45) is 1.14. The molecule has 0 saturated carbocycles. The topological polar surface area (TPSA) is 49.8 Å². The van der Waals surface area contributed by atoms with Gasteiger partial charge in [0.05, 0.1) is 0 Å². The van der Waals surface area contributed by atoms with Gasteiger partial charge in [0.25, 0.3) is 0 Å². The minimum absolute atomic E-state index is 0.248. The Morgan fingerprint density at radius 2 is 1.19 bits per heavy atom. The van der Waals surface area contributed by atoms with E-state index in [1.54, 1.807) is 24.3 Å². The molecule has 0 aromatic heterocycles. The molecule has 0 amide bonds.